The molecule has 0 saturated carbocycles. The van der Waals surface area contributed by atoms with E-state index in [-0.39, 0.29) is 11.0 Å². The van der Waals surface area contributed by atoms with Gasteiger partial charge >= 0.3 is 0 Å². The van der Waals surface area contributed by atoms with Crippen LogP contribution in [0.25, 0.3) is 0 Å². The van der Waals surface area contributed by atoms with Crippen LogP contribution >= 0.6 is 0 Å². The van der Waals surface area contributed by atoms with Gasteiger partial charge in [-0.3, -0.25) is 0 Å². The van der Waals surface area contributed by atoms with Crippen LogP contribution in [0.4, 0.5) is 0 Å². The maximum absolute atomic E-state index is 5.55. The monoisotopic (exact) mass is 250 g/mol. The quantitative estimate of drug-likeness (QED) is 0.701. The van der Waals surface area contributed by atoms with Crippen molar-refractivity contribution in [2.45, 2.75) is 66.4 Å². The number of ether oxygens (including phenoxy) is 1. The fraction of sp³-hybridized carbons (Fsp3) is 0.647. The summed E-state index contributed by atoms with van der Waals surface area (Å²) >= 11 is 0. The van der Waals surface area contributed by atoms with Gasteiger partial charge in [-0.25, -0.2) is 0 Å². The molecule has 0 aliphatic rings. The zero-order valence-corrected chi connectivity index (χ0v) is 13.6. The van der Waals surface area contributed by atoms with Crippen molar-refractivity contribution in [2.24, 2.45) is 0 Å². The van der Waals surface area contributed by atoms with Crippen molar-refractivity contribution in [3.05, 3.63) is 34.9 Å². The third-order valence-electron chi connectivity index (χ3n) is 3.15. The molecule has 0 heterocycles. The van der Waals surface area contributed by atoms with Crippen molar-refractivity contribution in [3.63, 3.8) is 0 Å². The summed E-state index contributed by atoms with van der Waals surface area (Å²) in [7, 11) is 1.76. The minimum absolute atomic E-state index is 0.185. The first-order chi connectivity index (χ1) is 8.16. The summed E-state index contributed by atoms with van der Waals surface area (Å²) in [5.41, 5.74) is 3.89. The molecule has 104 valence electrons. The van der Waals surface area contributed by atoms with Gasteiger partial charge < -0.3 is 4.74 Å². The number of rotatable bonds is 2. The Morgan fingerprint density at radius 1 is 0.833 bits per heavy atom. The molecule has 1 aromatic rings. The third kappa shape index (κ3) is 4.45. The molecule has 1 rings (SSSR count). The predicted octanol–water partition coefficient (Wildman–Crippen LogP) is 5.20. The highest BCUT2D eigenvalue weighted by Crippen LogP contribution is 2.30. The first-order valence-electron chi connectivity index (χ1n) is 6.84. The lowest BCUT2D eigenvalue weighted by Crippen LogP contribution is -2.21. The van der Waals surface area contributed by atoms with Gasteiger partial charge in [-0.2, -0.15) is 0 Å². The molecule has 0 saturated heterocycles. The van der Waals surface area contributed by atoms with Gasteiger partial charge in [0.25, 0.3) is 0 Å². The first-order valence-corrected chi connectivity index (χ1v) is 6.84. The molecular formula is C17H30O. The minimum Gasteiger partial charge on any atom is -0.374 e. The molecule has 0 bridgehead atoms. The summed E-state index contributed by atoms with van der Waals surface area (Å²) < 4.78 is 5.55. The Balaban J connectivity index is 0.00000137. The second kappa shape index (κ2) is 6.38. The van der Waals surface area contributed by atoms with Crippen LogP contribution in [0.15, 0.2) is 18.2 Å². The van der Waals surface area contributed by atoms with Crippen molar-refractivity contribution in [1.29, 1.82) is 0 Å². The van der Waals surface area contributed by atoms with Gasteiger partial charge in [0, 0.05) is 7.11 Å². The van der Waals surface area contributed by atoms with Crippen LogP contribution < -0.4 is 0 Å². The van der Waals surface area contributed by atoms with E-state index in [1.165, 1.54) is 16.7 Å². The van der Waals surface area contributed by atoms with Crippen LogP contribution in [0.2, 0.25) is 0 Å². The summed E-state index contributed by atoms with van der Waals surface area (Å²) in [5, 5.41) is 0. The molecule has 1 aromatic carbocycles. The zero-order chi connectivity index (χ0) is 14.6. The maximum Gasteiger partial charge on any atom is 0.0871 e. The van der Waals surface area contributed by atoms with Crippen molar-refractivity contribution < 1.29 is 4.74 Å². The lowest BCUT2D eigenvalue weighted by molar-refractivity contribution is 0.0191. The molecule has 0 N–H and O–H groups in total. The molecule has 0 radical (unpaired) electrons. The number of methoxy groups -OCH3 is 1. The summed E-state index contributed by atoms with van der Waals surface area (Å²) in [6.07, 6.45) is 0. The van der Waals surface area contributed by atoms with Gasteiger partial charge in [-0.15, -0.1) is 0 Å². The molecule has 0 aromatic heterocycles. The van der Waals surface area contributed by atoms with Gasteiger partial charge in [0.15, 0.2) is 0 Å². The largest absolute Gasteiger partial charge is 0.374 e. The highest BCUT2D eigenvalue weighted by atomic mass is 16.5. The van der Waals surface area contributed by atoms with Gasteiger partial charge in [0.05, 0.1) is 5.60 Å². The van der Waals surface area contributed by atoms with Crippen LogP contribution in [0.3, 0.4) is 0 Å². The number of hydrogen-bond donors (Lipinski definition) is 0. The zero-order valence-electron chi connectivity index (χ0n) is 13.6. The second-order valence-corrected chi connectivity index (χ2v) is 6.05. The Labute approximate surface area is 114 Å². The number of hydrogen-bond acceptors (Lipinski definition) is 1. The number of aryl methyl sites for hydroxylation is 1. The molecule has 0 amide bonds. The summed E-state index contributed by atoms with van der Waals surface area (Å²) in [6, 6.07) is 6.73. The predicted molar refractivity (Wildman–Crippen MR) is 81.3 cm³/mol. The van der Waals surface area contributed by atoms with E-state index in [1.807, 2.05) is 13.8 Å². The molecule has 0 atom stereocenters. The molecule has 0 spiro atoms. The molecule has 1 nitrogen and oxygen atoms in total. The molecule has 0 unspecified atom stereocenters. The van der Waals surface area contributed by atoms with E-state index in [1.54, 1.807) is 7.11 Å². The van der Waals surface area contributed by atoms with E-state index in [2.05, 4.69) is 59.7 Å². The van der Waals surface area contributed by atoms with Gasteiger partial charge in [0.2, 0.25) is 0 Å². The minimum atomic E-state index is -0.216. The lowest BCUT2D eigenvalue weighted by atomic mass is 9.83. The Hall–Kier alpha value is -0.820. The summed E-state index contributed by atoms with van der Waals surface area (Å²) in [4.78, 5) is 0. The Morgan fingerprint density at radius 3 is 1.67 bits per heavy atom. The molecular weight excluding hydrogens is 220 g/mol. The average molecular weight is 250 g/mol. The SMILES string of the molecule is CC.COC(C)(C)c1cc(C)cc(C(C)(C)C)c1. The standard InChI is InChI=1S/C15H24O.C2H6/c1-11-8-12(14(2,3)4)10-13(9-11)15(5,6)16-7;1-2/h8-10H,1-7H3;1-2H3. The van der Waals surface area contributed by atoms with Crippen LogP contribution in [0.1, 0.15) is 65.2 Å². The van der Waals surface area contributed by atoms with Crippen molar-refractivity contribution in [2.75, 3.05) is 7.11 Å². The van der Waals surface area contributed by atoms with Crippen LogP contribution in [0.5, 0.6) is 0 Å². The van der Waals surface area contributed by atoms with Crippen LogP contribution in [0, 0.1) is 6.92 Å². The second-order valence-electron chi connectivity index (χ2n) is 6.05. The Kier molecular flexibility index (Phi) is 6.09. The average Bonchev–Trinajstić information content (AvgIpc) is 2.30. The molecule has 0 fully saturated rings. The number of benzene rings is 1. The van der Waals surface area contributed by atoms with Crippen LogP contribution in [-0.2, 0) is 15.8 Å². The van der Waals surface area contributed by atoms with E-state index < -0.39 is 0 Å². The first kappa shape index (κ1) is 17.2. The van der Waals surface area contributed by atoms with E-state index >= 15 is 0 Å². The highest BCUT2D eigenvalue weighted by Gasteiger charge is 2.22. The topological polar surface area (TPSA) is 9.23 Å². The van der Waals surface area contributed by atoms with E-state index in [0.29, 0.717) is 0 Å². The normalized spacial score (nSPS) is 11.8. The van der Waals surface area contributed by atoms with E-state index in [0.717, 1.165) is 0 Å². The molecule has 0 aliphatic carbocycles. The van der Waals surface area contributed by atoms with E-state index in [4.69, 9.17) is 4.74 Å². The Morgan fingerprint density at radius 2 is 1.28 bits per heavy atom. The van der Waals surface area contributed by atoms with Crippen molar-refractivity contribution in [1.82, 2.24) is 0 Å². The molecule has 0 aliphatic heterocycles. The fourth-order valence-electron chi connectivity index (χ4n) is 1.68. The van der Waals surface area contributed by atoms with Gasteiger partial charge in [-0.05, 0) is 37.3 Å². The van der Waals surface area contributed by atoms with Crippen molar-refractivity contribution >= 4 is 0 Å². The Bertz CT molecular complexity index is 370. The van der Waals surface area contributed by atoms with Crippen LogP contribution in [-0.4, -0.2) is 7.11 Å². The highest BCUT2D eigenvalue weighted by molar-refractivity contribution is 5.36. The molecule has 18 heavy (non-hydrogen) atoms. The summed E-state index contributed by atoms with van der Waals surface area (Å²) in [6.45, 7) is 17.1. The van der Waals surface area contributed by atoms with Gasteiger partial charge in [-0.1, -0.05) is 58.4 Å². The lowest BCUT2D eigenvalue weighted by Gasteiger charge is -2.27. The van der Waals surface area contributed by atoms with Crippen molar-refractivity contribution in [3.8, 4) is 0 Å². The summed E-state index contributed by atoms with van der Waals surface area (Å²) in [5.74, 6) is 0. The fourth-order valence-corrected chi connectivity index (χ4v) is 1.68. The third-order valence-corrected chi connectivity index (χ3v) is 3.15. The van der Waals surface area contributed by atoms with E-state index in [9.17, 15) is 0 Å². The maximum atomic E-state index is 5.55. The smallest absolute Gasteiger partial charge is 0.0871 e. The molecule has 1 heteroatoms. The van der Waals surface area contributed by atoms with Gasteiger partial charge in [0.1, 0.15) is 0 Å².